The summed E-state index contributed by atoms with van der Waals surface area (Å²) < 4.78 is 14.3. The molecular formula is C30H26N6O4. The van der Waals surface area contributed by atoms with Crippen LogP contribution in [0, 0.1) is 5.92 Å². The van der Waals surface area contributed by atoms with Crippen molar-refractivity contribution in [2.75, 3.05) is 20.2 Å². The smallest absolute Gasteiger partial charge is 0.204 e. The number of methoxy groups -OCH3 is 1. The number of tetrazole rings is 1. The van der Waals surface area contributed by atoms with Gasteiger partial charge in [0.1, 0.15) is 23.0 Å². The fourth-order valence-corrected chi connectivity index (χ4v) is 6.01. The highest BCUT2D eigenvalue weighted by atomic mass is 16.5. The Bertz CT molecular complexity index is 1740. The Hall–Kier alpha value is -4.83. The van der Waals surface area contributed by atoms with Crippen LogP contribution in [-0.4, -0.2) is 62.6 Å². The predicted molar refractivity (Wildman–Crippen MR) is 147 cm³/mol. The first-order chi connectivity index (χ1) is 19.6. The number of Topliss-reactive ketones (excluding diaryl/α,β-unsaturated/α-hetero) is 2. The van der Waals surface area contributed by atoms with Crippen LogP contribution in [0.25, 0.3) is 28.0 Å². The van der Waals surface area contributed by atoms with E-state index in [0.29, 0.717) is 59.9 Å². The van der Waals surface area contributed by atoms with Crippen molar-refractivity contribution in [3.63, 3.8) is 0 Å². The highest BCUT2D eigenvalue weighted by Gasteiger charge is 2.54. The molecule has 10 nitrogen and oxygen atoms in total. The van der Waals surface area contributed by atoms with Gasteiger partial charge in [0.15, 0.2) is 11.6 Å². The molecule has 3 aromatic carbocycles. The summed E-state index contributed by atoms with van der Waals surface area (Å²) in [6.45, 7) is 1.29. The maximum atomic E-state index is 14.5. The number of nitrogens with zero attached hydrogens (tertiary/aromatic N) is 4. The lowest BCUT2D eigenvalue weighted by Gasteiger charge is -2.45. The van der Waals surface area contributed by atoms with E-state index >= 15 is 0 Å². The second-order valence-electron chi connectivity index (χ2n) is 10.2. The van der Waals surface area contributed by atoms with Crippen LogP contribution in [0.5, 0.6) is 11.5 Å². The van der Waals surface area contributed by atoms with E-state index in [0.717, 1.165) is 16.6 Å². The Morgan fingerprint density at radius 2 is 1.90 bits per heavy atom. The van der Waals surface area contributed by atoms with E-state index < -0.39 is 11.5 Å². The van der Waals surface area contributed by atoms with E-state index in [1.165, 1.54) is 0 Å². The van der Waals surface area contributed by atoms with Gasteiger partial charge in [-0.1, -0.05) is 18.2 Å². The summed E-state index contributed by atoms with van der Waals surface area (Å²) in [5, 5.41) is 18.3. The summed E-state index contributed by atoms with van der Waals surface area (Å²) in [6.07, 6.45) is 3.01. The maximum absolute atomic E-state index is 14.5. The van der Waals surface area contributed by atoms with Crippen molar-refractivity contribution in [1.29, 1.82) is 0 Å². The topological polar surface area (TPSA) is 124 Å². The summed E-state index contributed by atoms with van der Waals surface area (Å²) in [4.78, 5) is 28.7. The van der Waals surface area contributed by atoms with Crippen LogP contribution in [0.2, 0.25) is 0 Å². The Morgan fingerprint density at radius 3 is 2.65 bits per heavy atom. The number of H-pyrrole nitrogens is 1. The van der Waals surface area contributed by atoms with Gasteiger partial charge in [-0.05, 0) is 66.8 Å². The van der Waals surface area contributed by atoms with E-state index in [4.69, 9.17) is 9.47 Å². The number of benzene rings is 3. The molecule has 0 aliphatic carbocycles. The Kier molecular flexibility index (Phi) is 5.71. The fraction of sp³-hybridized carbons (Fsp3) is 0.233. The Morgan fingerprint density at radius 1 is 1.07 bits per heavy atom. The molecule has 0 bridgehead atoms. The van der Waals surface area contributed by atoms with Crippen molar-refractivity contribution in [3.8, 4) is 28.6 Å². The molecule has 0 radical (unpaired) electrons. The zero-order chi connectivity index (χ0) is 27.3. The lowest BCUT2D eigenvalue weighted by molar-refractivity contribution is -0.0138. The molecule has 1 atom stereocenters. The van der Waals surface area contributed by atoms with E-state index in [9.17, 15) is 9.59 Å². The number of ether oxygens (including phenoxy) is 2. The molecule has 200 valence electrons. The first-order valence-electron chi connectivity index (χ1n) is 13.2. The number of ketones is 2. The van der Waals surface area contributed by atoms with Crippen LogP contribution in [0.1, 0.15) is 33.6 Å². The van der Waals surface area contributed by atoms with Crippen LogP contribution >= 0.6 is 0 Å². The number of aromatic nitrogens is 5. The minimum atomic E-state index is -1.02. The molecular weight excluding hydrogens is 508 g/mol. The standard InChI is InChI=1S/C30H26N6O4/c1-39-25-17-19(16-23-21(25)9-14-36(23)20-5-3-2-4-6-20)27(37)26-28(38)22-15-18(29-32-34-35-33-29)7-8-24(22)40-30(26)10-12-31-13-11-30/h2-9,14-17,26,31H,10-13H2,1H3,(H,32,33,34,35). The third-order valence-electron chi connectivity index (χ3n) is 7.97. The highest BCUT2D eigenvalue weighted by molar-refractivity contribution is 6.19. The molecule has 1 saturated heterocycles. The minimum absolute atomic E-state index is 0.268. The summed E-state index contributed by atoms with van der Waals surface area (Å²) in [5.41, 5.74) is 2.17. The lowest BCUT2D eigenvalue weighted by Crippen LogP contribution is -2.58. The third kappa shape index (κ3) is 3.79. The first kappa shape index (κ1) is 24.2. The van der Waals surface area contributed by atoms with Crippen LogP contribution < -0.4 is 14.8 Å². The van der Waals surface area contributed by atoms with Gasteiger partial charge in [-0.2, -0.15) is 5.21 Å². The molecule has 4 heterocycles. The van der Waals surface area contributed by atoms with Crippen molar-refractivity contribution in [2.45, 2.75) is 18.4 Å². The van der Waals surface area contributed by atoms with E-state index in [1.54, 1.807) is 31.4 Å². The Labute approximate surface area is 229 Å². The van der Waals surface area contributed by atoms with Crippen LogP contribution in [0.3, 0.4) is 0 Å². The number of carbonyl (C=O) groups is 2. The number of aromatic amines is 1. The van der Waals surface area contributed by atoms with Crippen molar-refractivity contribution < 1.29 is 19.1 Å². The summed E-state index contributed by atoms with van der Waals surface area (Å²) in [5.74, 6) is -0.185. The van der Waals surface area contributed by atoms with E-state index in [1.807, 2.05) is 53.2 Å². The number of hydrogen-bond acceptors (Lipinski definition) is 8. The molecule has 2 aromatic heterocycles. The molecule has 2 aliphatic rings. The maximum Gasteiger partial charge on any atom is 0.204 e. The summed E-state index contributed by atoms with van der Waals surface area (Å²) in [6, 6.07) is 20.7. The Balaban J connectivity index is 1.36. The number of para-hydroxylation sites is 1. The molecule has 40 heavy (non-hydrogen) atoms. The average Bonchev–Trinajstić information content (AvgIpc) is 3.68. The monoisotopic (exact) mass is 534 g/mol. The third-order valence-corrected chi connectivity index (χ3v) is 7.97. The molecule has 7 rings (SSSR count). The molecule has 0 amide bonds. The van der Waals surface area contributed by atoms with Crippen LogP contribution in [0.4, 0.5) is 0 Å². The minimum Gasteiger partial charge on any atom is -0.496 e. The van der Waals surface area contributed by atoms with Gasteiger partial charge < -0.3 is 19.4 Å². The molecule has 1 fully saturated rings. The number of carbonyl (C=O) groups excluding carboxylic acids is 2. The zero-order valence-corrected chi connectivity index (χ0v) is 21.8. The molecule has 10 heteroatoms. The normalized spacial score (nSPS) is 17.9. The highest BCUT2D eigenvalue weighted by Crippen LogP contribution is 2.45. The van der Waals surface area contributed by atoms with Gasteiger partial charge in [-0.15, -0.1) is 10.2 Å². The van der Waals surface area contributed by atoms with E-state index in [-0.39, 0.29) is 11.6 Å². The lowest BCUT2D eigenvalue weighted by atomic mass is 9.70. The van der Waals surface area contributed by atoms with Gasteiger partial charge in [0.05, 0.1) is 18.2 Å². The second-order valence-corrected chi connectivity index (χ2v) is 10.2. The van der Waals surface area contributed by atoms with Crippen molar-refractivity contribution in [3.05, 3.63) is 84.1 Å². The number of rotatable bonds is 5. The quantitative estimate of drug-likeness (QED) is 0.256. The van der Waals surface area contributed by atoms with Crippen molar-refractivity contribution in [2.24, 2.45) is 5.92 Å². The number of hydrogen-bond donors (Lipinski definition) is 2. The zero-order valence-electron chi connectivity index (χ0n) is 21.8. The largest absolute Gasteiger partial charge is 0.496 e. The molecule has 0 saturated carbocycles. The van der Waals surface area contributed by atoms with Crippen molar-refractivity contribution >= 4 is 22.5 Å². The van der Waals surface area contributed by atoms with Crippen LogP contribution in [-0.2, 0) is 0 Å². The van der Waals surface area contributed by atoms with Crippen molar-refractivity contribution in [1.82, 2.24) is 30.5 Å². The van der Waals surface area contributed by atoms with Gasteiger partial charge >= 0.3 is 0 Å². The molecule has 2 aliphatic heterocycles. The van der Waals surface area contributed by atoms with E-state index in [2.05, 4.69) is 25.9 Å². The van der Waals surface area contributed by atoms with Gasteiger partial charge in [0.25, 0.3) is 0 Å². The van der Waals surface area contributed by atoms with Gasteiger partial charge in [-0.3, -0.25) is 9.59 Å². The van der Waals surface area contributed by atoms with Gasteiger partial charge in [-0.25, -0.2) is 0 Å². The summed E-state index contributed by atoms with van der Waals surface area (Å²) in [7, 11) is 1.59. The first-order valence-corrected chi connectivity index (χ1v) is 13.2. The number of piperidine rings is 1. The predicted octanol–water partition coefficient (Wildman–Crippen LogP) is 4.02. The van der Waals surface area contributed by atoms with Gasteiger partial charge in [0, 0.05) is 41.2 Å². The summed E-state index contributed by atoms with van der Waals surface area (Å²) >= 11 is 0. The number of fused-ring (bicyclic) bond motifs is 2. The molecule has 1 unspecified atom stereocenters. The van der Waals surface area contributed by atoms with Gasteiger partial charge in [0.2, 0.25) is 5.82 Å². The molecule has 1 spiro atoms. The fourth-order valence-electron chi connectivity index (χ4n) is 6.01. The van der Waals surface area contributed by atoms with Crippen LogP contribution in [0.15, 0.2) is 72.9 Å². The SMILES string of the molecule is COc1cc(C(=O)C2C(=O)c3cc(-c4nn[nH]n4)ccc3OC23CCNCC3)cc2c1ccn2-c1ccccc1. The average molecular weight is 535 g/mol. The molecule has 5 aromatic rings. The second kappa shape index (κ2) is 9.42. The number of nitrogens with one attached hydrogen (secondary N) is 2. The molecule has 2 N–H and O–H groups in total.